The zero-order valence-electron chi connectivity index (χ0n) is 15.0. The molecule has 2 unspecified atom stereocenters. The first-order valence-corrected chi connectivity index (χ1v) is 9.46. The monoisotopic (exact) mass is 379 g/mol. The van der Waals surface area contributed by atoms with Crippen LogP contribution in [-0.4, -0.2) is 61.0 Å². The van der Waals surface area contributed by atoms with Gasteiger partial charge < -0.3 is 15.1 Å². The summed E-state index contributed by atoms with van der Waals surface area (Å²) >= 11 is 0. The number of carbonyl (C=O) groups excluding carboxylic acids is 1. The standard InChI is InChI=1S/C18H33N3O.2ClH/c1-15(16-5-4-8-19-14-16)13-18(22)21-11-6-17(7-12-21)20-9-2-3-10-20;;/h15-17,19H,2-14H2,1H3;2*1H. The topological polar surface area (TPSA) is 35.6 Å². The van der Waals surface area contributed by atoms with Crippen molar-refractivity contribution >= 4 is 30.7 Å². The van der Waals surface area contributed by atoms with Crippen LogP contribution in [0.25, 0.3) is 0 Å². The highest BCUT2D eigenvalue weighted by Crippen LogP contribution is 2.25. The molecule has 3 rings (SSSR count). The smallest absolute Gasteiger partial charge is 0.222 e. The molecule has 4 nitrogen and oxygen atoms in total. The number of carbonyl (C=O) groups is 1. The fourth-order valence-corrected chi connectivity index (χ4v) is 4.52. The minimum Gasteiger partial charge on any atom is -0.343 e. The van der Waals surface area contributed by atoms with Gasteiger partial charge in [-0.25, -0.2) is 0 Å². The fourth-order valence-electron chi connectivity index (χ4n) is 4.52. The van der Waals surface area contributed by atoms with Gasteiger partial charge in [-0.3, -0.25) is 4.79 Å². The Hall–Kier alpha value is -0.0300. The molecule has 6 heteroatoms. The van der Waals surface area contributed by atoms with E-state index in [0.29, 0.717) is 17.7 Å². The van der Waals surface area contributed by atoms with E-state index in [4.69, 9.17) is 0 Å². The van der Waals surface area contributed by atoms with Gasteiger partial charge in [-0.05, 0) is 76.5 Å². The van der Waals surface area contributed by atoms with Crippen LogP contribution in [0.2, 0.25) is 0 Å². The van der Waals surface area contributed by atoms with Crippen molar-refractivity contribution in [1.29, 1.82) is 0 Å². The average Bonchev–Trinajstić information content (AvgIpc) is 3.10. The first kappa shape index (κ1) is 22.0. The van der Waals surface area contributed by atoms with Crippen LogP contribution < -0.4 is 5.32 Å². The van der Waals surface area contributed by atoms with E-state index in [1.54, 1.807) is 0 Å². The quantitative estimate of drug-likeness (QED) is 0.815. The number of hydrogen-bond donors (Lipinski definition) is 1. The second kappa shape index (κ2) is 10.8. The van der Waals surface area contributed by atoms with Crippen molar-refractivity contribution in [2.45, 2.75) is 57.9 Å². The van der Waals surface area contributed by atoms with Crippen molar-refractivity contribution in [2.24, 2.45) is 11.8 Å². The molecular weight excluding hydrogens is 345 g/mol. The number of nitrogens with zero attached hydrogens (tertiary/aromatic N) is 2. The molecule has 3 heterocycles. The minimum absolute atomic E-state index is 0. The van der Waals surface area contributed by atoms with E-state index in [1.165, 1.54) is 51.6 Å². The van der Waals surface area contributed by atoms with E-state index in [9.17, 15) is 4.79 Å². The van der Waals surface area contributed by atoms with Crippen LogP contribution in [0.3, 0.4) is 0 Å². The zero-order chi connectivity index (χ0) is 15.4. The van der Waals surface area contributed by atoms with Crippen molar-refractivity contribution in [3.05, 3.63) is 0 Å². The summed E-state index contributed by atoms with van der Waals surface area (Å²) in [5.41, 5.74) is 0. The molecule has 0 aromatic rings. The summed E-state index contributed by atoms with van der Waals surface area (Å²) in [4.78, 5) is 17.4. The SMILES string of the molecule is CC(CC(=O)N1CCC(N2CCCC2)CC1)C1CCCNC1.Cl.Cl. The Morgan fingerprint density at radius 2 is 1.71 bits per heavy atom. The summed E-state index contributed by atoms with van der Waals surface area (Å²) < 4.78 is 0. The van der Waals surface area contributed by atoms with E-state index in [0.717, 1.165) is 38.6 Å². The Labute approximate surface area is 159 Å². The normalized spacial score (nSPS) is 27.2. The molecule has 0 bridgehead atoms. The maximum Gasteiger partial charge on any atom is 0.222 e. The maximum absolute atomic E-state index is 12.6. The predicted molar refractivity (Wildman–Crippen MR) is 104 cm³/mol. The fraction of sp³-hybridized carbons (Fsp3) is 0.944. The largest absolute Gasteiger partial charge is 0.343 e. The molecule has 3 aliphatic heterocycles. The Bertz CT molecular complexity index is 363. The first-order chi connectivity index (χ1) is 10.7. The zero-order valence-corrected chi connectivity index (χ0v) is 16.7. The molecular formula is C18H35Cl2N3O. The number of halogens is 2. The van der Waals surface area contributed by atoms with Gasteiger partial charge >= 0.3 is 0 Å². The Balaban J connectivity index is 0.00000144. The van der Waals surface area contributed by atoms with Gasteiger partial charge in [0.05, 0.1) is 0 Å². The van der Waals surface area contributed by atoms with Crippen LogP contribution in [0.4, 0.5) is 0 Å². The second-order valence-electron chi connectivity index (χ2n) is 7.64. The molecule has 2 atom stereocenters. The number of piperidine rings is 2. The second-order valence-corrected chi connectivity index (χ2v) is 7.64. The number of likely N-dealkylation sites (tertiary alicyclic amines) is 2. The third-order valence-corrected chi connectivity index (χ3v) is 6.11. The lowest BCUT2D eigenvalue weighted by molar-refractivity contribution is -0.134. The lowest BCUT2D eigenvalue weighted by Gasteiger charge is -2.37. The third-order valence-electron chi connectivity index (χ3n) is 6.11. The van der Waals surface area contributed by atoms with Crippen LogP contribution in [0.15, 0.2) is 0 Å². The molecule has 0 radical (unpaired) electrons. The number of amides is 1. The van der Waals surface area contributed by atoms with Crippen LogP contribution in [0.1, 0.15) is 51.9 Å². The van der Waals surface area contributed by atoms with Gasteiger partial charge in [0.2, 0.25) is 5.91 Å². The summed E-state index contributed by atoms with van der Waals surface area (Å²) in [7, 11) is 0. The van der Waals surface area contributed by atoms with Crippen molar-refractivity contribution in [2.75, 3.05) is 39.3 Å². The molecule has 3 aliphatic rings. The molecule has 24 heavy (non-hydrogen) atoms. The lowest BCUT2D eigenvalue weighted by Crippen LogP contribution is -2.46. The molecule has 0 aliphatic carbocycles. The first-order valence-electron chi connectivity index (χ1n) is 9.46. The molecule has 3 saturated heterocycles. The van der Waals surface area contributed by atoms with Crippen molar-refractivity contribution < 1.29 is 4.79 Å². The van der Waals surface area contributed by atoms with Gasteiger partial charge in [-0.2, -0.15) is 0 Å². The van der Waals surface area contributed by atoms with Gasteiger partial charge in [-0.15, -0.1) is 24.8 Å². The Morgan fingerprint density at radius 1 is 1.04 bits per heavy atom. The highest BCUT2D eigenvalue weighted by Gasteiger charge is 2.29. The van der Waals surface area contributed by atoms with Crippen molar-refractivity contribution in [3.8, 4) is 0 Å². The average molecular weight is 380 g/mol. The molecule has 0 aromatic heterocycles. The highest BCUT2D eigenvalue weighted by atomic mass is 35.5. The lowest BCUT2D eigenvalue weighted by atomic mass is 9.85. The number of hydrogen-bond acceptors (Lipinski definition) is 3. The molecule has 3 fully saturated rings. The Kier molecular flexibility index (Phi) is 9.95. The molecule has 0 spiro atoms. The molecule has 142 valence electrons. The number of nitrogens with one attached hydrogen (secondary N) is 1. The van der Waals surface area contributed by atoms with Gasteiger partial charge in [0.25, 0.3) is 0 Å². The van der Waals surface area contributed by atoms with Gasteiger partial charge in [0.1, 0.15) is 0 Å². The summed E-state index contributed by atoms with van der Waals surface area (Å²) in [5.74, 6) is 1.62. The highest BCUT2D eigenvalue weighted by molar-refractivity contribution is 5.85. The van der Waals surface area contributed by atoms with Crippen LogP contribution in [0.5, 0.6) is 0 Å². The van der Waals surface area contributed by atoms with Crippen molar-refractivity contribution in [3.63, 3.8) is 0 Å². The Morgan fingerprint density at radius 3 is 2.29 bits per heavy atom. The minimum atomic E-state index is 0. The predicted octanol–water partition coefficient (Wildman–Crippen LogP) is 2.94. The molecule has 1 N–H and O–H groups in total. The maximum atomic E-state index is 12.6. The van der Waals surface area contributed by atoms with Gasteiger partial charge in [0.15, 0.2) is 0 Å². The van der Waals surface area contributed by atoms with E-state index >= 15 is 0 Å². The van der Waals surface area contributed by atoms with Gasteiger partial charge in [-0.1, -0.05) is 6.92 Å². The molecule has 0 saturated carbocycles. The van der Waals surface area contributed by atoms with Gasteiger partial charge in [0, 0.05) is 25.6 Å². The van der Waals surface area contributed by atoms with E-state index in [-0.39, 0.29) is 24.8 Å². The summed E-state index contributed by atoms with van der Waals surface area (Å²) in [6, 6.07) is 0.742. The van der Waals surface area contributed by atoms with E-state index < -0.39 is 0 Å². The van der Waals surface area contributed by atoms with E-state index in [2.05, 4.69) is 22.0 Å². The summed E-state index contributed by atoms with van der Waals surface area (Å²) in [6.45, 7) is 9.05. The van der Waals surface area contributed by atoms with Crippen LogP contribution in [0, 0.1) is 11.8 Å². The summed E-state index contributed by atoms with van der Waals surface area (Å²) in [5, 5.41) is 3.48. The molecule has 1 amide bonds. The summed E-state index contributed by atoms with van der Waals surface area (Å²) in [6.07, 6.45) is 8.41. The van der Waals surface area contributed by atoms with Crippen LogP contribution >= 0.6 is 24.8 Å². The van der Waals surface area contributed by atoms with Crippen LogP contribution in [-0.2, 0) is 4.79 Å². The van der Waals surface area contributed by atoms with Crippen molar-refractivity contribution in [1.82, 2.24) is 15.1 Å². The molecule has 0 aromatic carbocycles. The van der Waals surface area contributed by atoms with E-state index in [1.807, 2.05) is 0 Å². The third kappa shape index (κ3) is 5.76. The number of rotatable bonds is 4.